The third kappa shape index (κ3) is 3.50. The van der Waals surface area contributed by atoms with Gasteiger partial charge in [0.1, 0.15) is 5.75 Å². The largest absolute Gasteiger partial charge is 0.505 e. The number of phenolic OH excluding ortho intramolecular Hbond substituents is 1. The fraction of sp³-hybridized carbons (Fsp3) is 0.250. The van der Waals surface area contributed by atoms with Gasteiger partial charge in [0, 0.05) is 6.07 Å². The highest BCUT2D eigenvalue weighted by molar-refractivity contribution is 7.92. The summed E-state index contributed by atoms with van der Waals surface area (Å²) in [6.07, 6.45) is 0. The van der Waals surface area contributed by atoms with E-state index in [1.807, 2.05) is 6.92 Å². The van der Waals surface area contributed by atoms with Crippen LogP contribution in [0, 0.1) is 13.8 Å². The first-order valence-corrected chi connectivity index (χ1v) is 8.32. The summed E-state index contributed by atoms with van der Waals surface area (Å²) in [4.78, 5) is 0.00806. The Morgan fingerprint density at radius 3 is 2.26 bits per heavy atom. The van der Waals surface area contributed by atoms with Gasteiger partial charge in [-0.1, -0.05) is 6.07 Å². The summed E-state index contributed by atoms with van der Waals surface area (Å²) in [6.45, 7) is 3.52. The quantitative estimate of drug-likeness (QED) is 0.820. The summed E-state index contributed by atoms with van der Waals surface area (Å²) in [5.74, 6) is 0.639. The summed E-state index contributed by atoms with van der Waals surface area (Å²) in [7, 11) is -0.974. The molecule has 0 aliphatic carbocycles. The van der Waals surface area contributed by atoms with Crippen LogP contribution in [0.25, 0.3) is 0 Å². The minimum absolute atomic E-state index is 0.00806. The maximum atomic E-state index is 12.5. The number of hydrogen-bond donors (Lipinski definition) is 2. The summed E-state index contributed by atoms with van der Waals surface area (Å²) in [6, 6.07) is 7.61. The van der Waals surface area contributed by atoms with Crippen molar-refractivity contribution in [1.29, 1.82) is 0 Å². The number of hydrogen-bond acceptors (Lipinski definition) is 5. The van der Waals surface area contributed by atoms with Crippen LogP contribution in [-0.2, 0) is 10.0 Å². The van der Waals surface area contributed by atoms with Gasteiger partial charge in [-0.2, -0.15) is 0 Å². The van der Waals surface area contributed by atoms with Crippen LogP contribution in [0.2, 0.25) is 0 Å². The molecular formula is C16H19NO5S. The second-order valence-electron chi connectivity index (χ2n) is 5.10. The van der Waals surface area contributed by atoms with Gasteiger partial charge >= 0.3 is 0 Å². The molecule has 2 aromatic rings. The molecule has 0 aromatic heterocycles. The average molecular weight is 337 g/mol. The summed E-state index contributed by atoms with van der Waals surface area (Å²) >= 11 is 0. The number of ether oxygens (including phenoxy) is 2. The molecule has 23 heavy (non-hydrogen) atoms. The monoisotopic (exact) mass is 337 g/mol. The van der Waals surface area contributed by atoms with E-state index >= 15 is 0 Å². The van der Waals surface area contributed by atoms with Crippen molar-refractivity contribution >= 4 is 15.7 Å². The molecule has 7 heteroatoms. The Balaban J connectivity index is 2.44. The normalized spacial score (nSPS) is 11.1. The van der Waals surface area contributed by atoms with Gasteiger partial charge in [0.2, 0.25) is 0 Å². The topological polar surface area (TPSA) is 84.9 Å². The van der Waals surface area contributed by atoms with Crippen molar-refractivity contribution in [3.8, 4) is 17.2 Å². The molecule has 0 fully saturated rings. The molecule has 2 aromatic carbocycles. The molecule has 0 radical (unpaired) electrons. The number of aryl methyl sites for hydroxylation is 2. The predicted octanol–water partition coefficient (Wildman–Crippen LogP) is 2.83. The molecule has 6 nitrogen and oxygen atoms in total. The summed E-state index contributed by atoms with van der Waals surface area (Å²) in [5.41, 5.74) is 1.57. The third-order valence-electron chi connectivity index (χ3n) is 3.35. The van der Waals surface area contributed by atoms with Gasteiger partial charge < -0.3 is 14.6 Å². The highest BCUT2D eigenvalue weighted by Crippen LogP contribution is 2.33. The number of nitrogens with one attached hydrogen (secondary N) is 1. The van der Waals surface area contributed by atoms with Crippen LogP contribution in [0.3, 0.4) is 0 Å². The molecule has 0 atom stereocenters. The Kier molecular flexibility index (Phi) is 4.70. The maximum absolute atomic E-state index is 12.5. The first kappa shape index (κ1) is 17.0. The lowest BCUT2D eigenvalue weighted by molar-refractivity contribution is 0.354. The molecule has 0 heterocycles. The Morgan fingerprint density at radius 2 is 1.65 bits per heavy atom. The zero-order valence-corrected chi connectivity index (χ0v) is 14.2. The van der Waals surface area contributed by atoms with Crippen molar-refractivity contribution in [2.24, 2.45) is 0 Å². The van der Waals surface area contributed by atoms with Crippen molar-refractivity contribution in [1.82, 2.24) is 0 Å². The molecule has 0 saturated carbocycles. The molecule has 0 aliphatic heterocycles. The van der Waals surface area contributed by atoms with E-state index < -0.39 is 10.0 Å². The minimum Gasteiger partial charge on any atom is -0.505 e. The van der Waals surface area contributed by atoms with Crippen LogP contribution in [0.5, 0.6) is 17.2 Å². The van der Waals surface area contributed by atoms with E-state index in [-0.39, 0.29) is 16.3 Å². The zero-order valence-electron chi connectivity index (χ0n) is 13.4. The minimum atomic E-state index is -3.87. The Bertz CT molecular complexity index is 831. The van der Waals surface area contributed by atoms with E-state index in [0.29, 0.717) is 17.1 Å². The molecule has 2 N–H and O–H groups in total. The highest BCUT2D eigenvalue weighted by atomic mass is 32.2. The molecule has 0 aliphatic rings. The molecule has 0 unspecified atom stereocenters. The van der Waals surface area contributed by atoms with Gasteiger partial charge in [-0.3, -0.25) is 4.72 Å². The standard InChI is InChI=1S/C16H19NO5S/c1-10-7-11(2)16(18)13(8-10)17-23(19,20)12-5-6-14(21-3)15(9-12)22-4/h5-9,17-18H,1-4H3. The van der Waals surface area contributed by atoms with Crippen LogP contribution in [0.15, 0.2) is 35.2 Å². The van der Waals surface area contributed by atoms with Crippen molar-refractivity contribution < 1.29 is 23.0 Å². The van der Waals surface area contributed by atoms with Crippen molar-refractivity contribution in [2.45, 2.75) is 18.7 Å². The second-order valence-corrected chi connectivity index (χ2v) is 6.78. The van der Waals surface area contributed by atoms with Crippen molar-refractivity contribution in [2.75, 3.05) is 18.9 Å². The van der Waals surface area contributed by atoms with Crippen molar-refractivity contribution in [3.05, 3.63) is 41.5 Å². The van der Waals surface area contributed by atoms with E-state index in [1.165, 1.54) is 32.4 Å². The average Bonchev–Trinajstić information content (AvgIpc) is 2.51. The molecule has 124 valence electrons. The van der Waals surface area contributed by atoms with Gasteiger partial charge in [-0.15, -0.1) is 0 Å². The van der Waals surface area contributed by atoms with Crippen LogP contribution >= 0.6 is 0 Å². The van der Waals surface area contributed by atoms with Gasteiger partial charge in [0.05, 0.1) is 24.8 Å². The van der Waals surface area contributed by atoms with Gasteiger partial charge in [-0.25, -0.2) is 8.42 Å². The lowest BCUT2D eigenvalue weighted by Gasteiger charge is -2.14. The fourth-order valence-corrected chi connectivity index (χ4v) is 3.30. The number of benzene rings is 2. The van der Waals surface area contributed by atoms with Crippen molar-refractivity contribution in [3.63, 3.8) is 0 Å². The Morgan fingerprint density at radius 1 is 1.00 bits per heavy atom. The van der Waals surface area contributed by atoms with Gasteiger partial charge in [-0.05, 0) is 43.2 Å². The molecular weight excluding hydrogens is 318 g/mol. The third-order valence-corrected chi connectivity index (χ3v) is 4.72. The van der Waals surface area contributed by atoms with E-state index in [2.05, 4.69) is 4.72 Å². The lowest BCUT2D eigenvalue weighted by Crippen LogP contribution is -2.13. The van der Waals surface area contributed by atoms with E-state index in [0.717, 1.165) is 5.56 Å². The summed E-state index contributed by atoms with van der Waals surface area (Å²) < 4.78 is 37.7. The number of anilines is 1. The van der Waals surface area contributed by atoms with Crippen LogP contribution in [0.1, 0.15) is 11.1 Å². The second kappa shape index (κ2) is 6.37. The van der Waals surface area contributed by atoms with E-state index in [1.54, 1.807) is 19.1 Å². The SMILES string of the molecule is COc1ccc(S(=O)(=O)Nc2cc(C)cc(C)c2O)cc1OC. The predicted molar refractivity (Wildman–Crippen MR) is 87.9 cm³/mol. The molecule has 0 bridgehead atoms. The van der Waals surface area contributed by atoms with Crippen LogP contribution < -0.4 is 14.2 Å². The summed E-state index contributed by atoms with van der Waals surface area (Å²) in [5, 5.41) is 10.0. The lowest BCUT2D eigenvalue weighted by atomic mass is 10.1. The Labute approximate surface area is 135 Å². The molecule has 0 spiro atoms. The number of aromatic hydroxyl groups is 1. The number of methoxy groups -OCH3 is 2. The van der Waals surface area contributed by atoms with Gasteiger partial charge in [0.25, 0.3) is 10.0 Å². The number of sulfonamides is 1. The first-order valence-electron chi connectivity index (χ1n) is 6.83. The zero-order chi connectivity index (χ0) is 17.2. The number of rotatable bonds is 5. The van der Waals surface area contributed by atoms with Crippen LogP contribution in [-0.4, -0.2) is 27.7 Å². The first-order chi connectivity index (χ1) is 10.8. The molecule has 0 amide bonds. The van der Waals surface area contributed by atoms with E-state index in [4.69, 9.17) is 9.47 Å². The fourth-order valence-electron chi connectivity index (χ4n) is 2.23. The molecule has 2 rings (SSSR count). The van der Waals surface area contributed by atoms with E-state index in [9.17, 15) is 13.5 Å². The van der Waals surface area contributed by atoms with Crippen LogP contribution in [0.4, 0.5) is 5.69 Å². The Hall–Kier alpha value is -2.41. The maximum Gasteiger partial charge on any atom is 0.262 e. The highest BCUT2D eigenvalue weighted by Gasteiger charge is 2.19. The number of phenols is 1. The van der Waals surface area contributed by atoms with Gasteiger partial charge in [0.15, 0.2) is 11.5 Å². The molecule has 0 saturated heterocycles. The smallest absolute Gasteiger partial charge is 0.262 e.